The first-order valence-electron chi connectivity index (χ1n) is 19.4. The van der Waals surface area contributed by atoms with Crippen LogP contribution in [-0.4, -0.2) is 110 Å². The van der Waals surface area contributed by atoms with E-state index in [2.05, 4.69) is 16.0 Å². The predicted octanol–water partition coefficient (Wildman–Crippen LogP) is 3.31. The Kier molecular flexibility index (Phi) is 15.7. The van der Waals surface area contributed by atoms with Crippen molar-refractivity contribution in [2.45, 2.75) is 95.3 Å². The number of nitrogens with zero attached hydrogens (tertiary/aromatic N) is 1. The Morgan fingerprint density at radius 3 is 2.17 bits per heavy atom. The fraction of sp³-hybridized carbons (Fsp3) is 0.419. The summed E-state index contributed by atoms with van der Waals surface area (Å²) in [5.41, 5.74) is 4.53. The maximum Gasteiger partial charge on any atom is 0.258 e. The van der Waals surface area contributed by atoms with Crippen molar-refractivity contribution in [1.82, 2.24) is 15.2 Å². The van der Waals surface area contributed by atoms with E-state index < -0.39 is 67.1 Å². The van der Waals surface area contributed by atoms with Crippen molar-refractivity contribution < 1.29 is 53.8 Å². The van der Waals surface area contributed by atoms with Crippen LogP contribution in [0.3, 0.4) is 0 Å². The lowest BCUT2D eigenvalue weighted by Gasteiger charge is -2.42. The fourth-order valence-corrected chi connectivity index (χ4v) is 7.27. The van der Waals surface area contributed by atoms with Gasteiger partial charge in [-0.3, -0.25) is 14.4 Å². The van der Waals surface area contributed by atoms with Gasteiger partial charge in [-0.15, -0.1) is 0 Å². The molecule has 1 aliphatic heterocycles. The lowest BCUT2D eigenvalue weighted by molar-refractivity contribution is -0.269. The van der Waals surface area contributed by atoms with Gasteiger partial charge in [0, 0.05) is 37.0 Å². The molecule has 15 heteroatoms. The number of hydrogen-bond donors (Lipinski definition) is 8. The zero-order valence-corrected chi connectivity index (χ0v) is 32.8. The van der Waals surface area contributed by atoms with Gasteiger partial charge in [-0.05, 0) is 66.3 Å². The van der Waals surface area contributed by atoms with Crippen LogP contribution >= 0.6 is 0 Å². The number of halogens is 1. The molecule has 58 heavy (non-hydrogen) atoms. The molecule has 0 unspecified atom stereocenters. The van der Waals surface area contributed by atoms with Crippen molar-refractivity contribution in [3.63, 3.8) is 0 Å². The molecule has 0 bridgehead atoms. The highest BCUT2D eigenvalue weighted by Gasteiger charge is 2.45. The van der Waals surface area contributed by atoms with Gasteiger partial charge in [0.15, 0.2) is 6.29 Å². The maximum atomic E-state index is 14.3. The van der Waals surface area contributed by atoms with E-state index in [0.29, 0.717) is 33.8 Å². The standard InChI is InChI=1S/C43H53FN4O10/c1-25(2)38-36(42(56)47-30-12-8-5-9-13-30)35(27-10-6-4-7-11-27)39(28-14-16-29(44)17-15-28)48(38)20-18-31(51)22-32(52)23-34(53)45-19-21-57-43-37(46-26(3)50)41(55)40(54)33(24-49)58-43/h4-17,25,31-33,37,40-41,43,49,51-52,54-55H,18-24H2,1-3H3,(H,45,53)(H,46,50)(H,47,56)/t31-,32-,33-,37-,40+,41-,43-/m1/s1. The topological polar surface area (TPSA) is 212 Å². The number of rotatable bonds is 18. The molecule has 312 valence electrons. The molecule has 2 heterocycles. The zero-order valence-electron chi connectivity index (χ0n) is 32.8. The van der Waals surface area contributed by atoms with Gasteiger partial charge < -0.3 is 55.5 Å². The van der Waals surface area contributed by atoms with Crippen molar-refractivity contribution in [2.75, 3.05) is 25.1 Å². The second kappa shape index (κ2) is 20.6. The van der Waals surface area contributed by atoms with E-state index in [9.17, 15) is 44.3 Å². The molecule has 4 aromatic rings. The highest BCUT2D eigenvalue weighted by Crippen LogP contribution is 2.42. The monoisotopic (exact) mass is 804 g/mol. The highest BCUT2D eigenvalue weighted by molar-refractivity contribution is 6.12. The van der Waals surface area contributed by atoms with Gasteiger partial charge in [-0.1, -0.05) is 62.4 Å². The Hall–Kier alpha value is -5.00. The molecule has 1 fully saturated rings. The normalized spacial score (nSPS) is 20.3. The van der Waals surface area contributed by atoms with Crippen molar-refractivity contribution >= 4 is 23.4 Å². The Morgan fingerprint density at radius 2 is 1.55 bits per heavy atom. The smallest absolute Gasteiger partial charge is 0.258 e. The average molecular weight is 805 g/mol. The van der Waals surface area contributed by atoms with Gasteiger partial charge in [0.25, 0.3) is 5.91 Å². The fourth-order valence-electron chi connectivity index (χ4n) is 7.27. The number of aromatic nitrogens is 1. The lowest BCUT2D eigenvalue weighted by atomic mass is 9.94. The Bertz CT molecular complexity index is 1960. The molecule has 8 N–H and O–H groups in total. The molecule has 0 aliphatic carbocycles. The van der Waals surface area contributed by atoms with Crippen LogP contribution in [0.1, 0.15) is 62.0 Å². The number of ether oxygens (including phenoxy) is 2. The van der Waals surface area contributed by atoms with E-state index in [0.717, 1.165) is 5.56 Å². The SMILES string of the molecule is CC(=O)N[C@H]1[C@H](OCCNC(=O)C[C@H](O)C[C@H](O)CCn2c(-c3ccc(F)cc3)c(-c3ccccc3)c(C(=O)Nc3ccccc3)c2C(C)C)O[C@H](CO)[C@H](O)[C@@H]1O. The average Bonchev–Trinajstić information content (AvgIpc) is 3.54. The number of para-hydroxylation sites is 1. The van der Waals surface area contributed by atoms with Crippen molar-refractivity contribution in [1.29, 1.82) is 0 Å². The molecule has 0 spiro atoms. The minimum absolute atomic E-state index is 0.0368. The molecule has 14 nitrogen and oxygen atoms in total. The van der Waals surface area contributed by atoms with Crippen molar-refractivity contribution in [2.24, 2.45) is 0 Å². The van der Waals surface area contributed by atoms with E-state index in [4.69, 9.17) is 9.47 Å². The van der Waals surface area contributed by atoms with Crippen LogP contribution in [0.4, 0.5) is 10.1 Å². The molecule has 3 amide bonds. The van der Waals surface area contributed by atoms with Crippen LogP contribution in [0.15, 0.2) is 84.9 Å². The Balaban J connectivity index is 1.28. The highest BCUT2D eigenvalue weighted by atomic mass is 19.1. The number of amides is 3. The number of benzene rings is 3. The zero-order chi connectivity index (χ0) is 41.9. The molecule has 1 saturated heterocycles. The lowest BCUT2D eigenvalue weighted by Crippen LogP contribution is -2.64. The number of carbonyl (C=O) groups excluding carboxylic acids is 3. The summed E-state index contributed by atoms with van der Waals surface area (Å²) in [6, 6.07) is 23.5. The predicted molar refractivity (Wildman–Crippen MR) is 214 cm³/mol. The summed E-state index contributed by atoms with van der Waals surface area (Å²) < 4.78 is 27.3. The van der Waals surface area contributed by atoms with Crippen LogP contribution in [0.2, 0.25) is 0 Å². The minimum Gasteiger partial charge on any atom is -0.394 e. The number of hydrogen-bond acceptors (Lipinski definition) is 10. The van der Waals surface area contributed by atoms with E-state index in [1.165, 1.54) is 19.1 Å². The molecule has 1 aliphatic rings. The third-order valence-electron chi connectivity index (χ3n) is 9.90. The second-order valence-electron chi connectivity index (χ2n) is 14.7. The minimum atomic E-state index is -1.48. The van der Waals surface area contributed by atoms with Crippen LogP contribution in [0.25, 0.3) is 22.4 Å². The van der Waals surface area contributed by atoms with Gasteiger partial charge in [0.05, 0.1) is 43.1 Å². The summed E-state index contributed by atoms with van der Waals surface area (Å²) in [4.78, 5) is 38.7. The number of aliphatic hydroxyl groups excluding tert-OH is 5. The van der Waals surface area contributed by atoms with Crippen LogP contribution < -0.4 is 16.0 Å². The summed E-state index contributed by atoms with van der Waals surface area (Å²) in [6.45, 7) is 4.62. The third kappa shape index (κ3) is 11.1. The molecule has 7 atom stereocenters. The Labute approximate surface area is 336 Å². The van der Waals surface area contributed by atoms with E-state index in [1.807, 2.05) is 66.9 Å². The first-order chi connectivity index (χ1) is 27.8. The van der Waals surface area contributed by atoms with Crippen LogP contribution in [0.5, 0.6) is 0 Å². The number of nitrogens with one attached hydrogen (secondary N) is 3. The van der Waals surface area contributed by atoms with E-state index in [-0.39, 0.29) is 50.8 Å². The summed E-state index contributed by atoms with van der Waals surface area (Å²) in [5.74, 6) is -1.94. The summed E-state index contributed by atoms with van der Waals surface area (Å²) in [6.07, 6.45) is -7.89. The second-order valence-corrected chi connectivity index (χ2v) is 14.7. The van der Waals surface area contributed by atoms with E-state index in [1.54, 1.807) is 24.3 Å². The summed E-state index contributed by atoms with van der Waals surface area (Å²) >= 11 is 0. The van der Waals surface area contributed by atoms with Gasteiger partial charge in [0.1, 0.15) is 30.2 Å². The van der Waals surface area contributed by atoms with Crippen molar-refractivity contribution in [3.8, 4) is 22.4 Å². The quantitative estimate of drug-likeness (QED) is 0.0688. The third-order valence-corrected chi connectivity index (χ3v) is 9.90. The van der Waals surface area contributed by atoms with Gasteiger partial charge >= 0.3 is 0 Å². The molecule has 5 rings (SSSR count). The summed E-state index contributed by atoms with van der Waals surface area (Å²) in [5, 5.41) is 60.2. The first-order valence-corrected chi connectivity index (χ1v) is 19.4. The van der Waals surface area contributed by atoms with Gasteiger partial charge in [0.2, 0.25) is 11.8 Å². The summed E-state index contributed by atoms with van der Waals surface area (Å²) in [7, 11) is 0. The van der Waals surface area contributed by atoms with Crippen molar-refractivity contribution in [3.05, 3.63) is 102 Å². The number of carbonyl (C=O) groups is 3. The molecule has 0 radical (unpaired) electrons. The first kappa shape index (κ1) is 44.1. The van der Waals surface area contributed by atoms with Crippen LogP contribution in [0, 0.1) is 5.82 Å². The molecular formula is C43H53FN4O10. The van der Waals surface area contributed by atoms with Gasteiger partial charge in [-0.25, -0.2) is 4.39 Å². The molecule has 1 aromatic heterocycles. The number of aliphatic hydroxyl groups is 5. The Morgan fingerprint density at radius 1 is 0.897 bits per heavy atom. The number of anilines is 1. The molecular weight excluding hydrogens is 751 g/mol. The van der Waals surface area contributed by atoms with E-state index >= 15 is 0 Å². The van der Waals surface area contributed by atoms with Gasteiger partial charge in [-0.2, -0.15) is 0 Å². The molecule has 0 saturated carbocycles. The largest absolute Gasteiger partial charge is 0.394 e. The van der Waals surface area contributed by atoms with Crippen LogP contribution in [-0.2, 0) is 25.6 Å². The molecule has 3 aromatic carbocycles. The maximum absolute atomic E-state index is 14.3.